The van der Waals surface area contributed by atoms with Crippen LogP contribution in [0.15, 0.2) is 59.5 Å². The Hall–Kier alpha value is -1.80. The van der Waals surface area contributed by atoms with Gasteiger partial charge in [-0.1, -0.05) is 50.6 Å². The highest BCUT2D eigenvalue weighted by Crippen LogP contribution is 2.18. The van der Waals surface area contributed by atoms with Crippen LogP contribution in [0.1, 0.15) is 41.8 Å². The quantitative estimate of drug-likeness (QED) is 0.373. The minimum Gasteiger partial charge on any atom is -0.289 e. The summed E-state index contributed by atoms with van der Waals surface area (Å²) in [4.78, 5) is 13.4. The number of thioether (sulfide) groups is 1. The van der Waals surface area contributed by atoms with Crippen LogP contribution >= 0.6 is 11.8 Å². The van der Waals surface area contributed by atoms with Crippen molar-refractivity contribution in [1.29, 1.82) is 0 Å². The number of allylic oxidation sites excluding steroid dienone is 1. The standard InChI is InChI=1S/C20H22OS/c1-3-6-16-7-5-8-17(15-16)9-14-20(21)18-10-12-19(13-11-18)22-4-2/h5,7-15H,3-4,6H2,1-2H3/b14-9+. The zero-order valence-corrected chi connectivity index (χ0v) is 14.0. The van der Waals surface area contributed by atoms with Crippen LogP contribution in [0.3, 0.4) is 0 Å². The zero-order valence-electron chi connectivity index (χ0n) is 13.2. The summed E-state index contributed by atoms with van der Waals surface area (Å²) < 4.78 is 0. The lowest BCUT2D eigenvalue weighted by molar-refractivity contribution is 0.104. The second kappa shape index (κ2) is 8.60. The fourth-order valence-electron chi connectivity index (χ4n) is 2.29. The van der Waals surface area contributed by atoms with Crippen LogP contribution in [-0.4, -0.2) is 11.5 Å². The third-order valence-corrected chi connectivity index (χ3v) is 4.26. The molecule has 0 heterocycles. The Morgan fingerprint density at radius 2 is 1.86 bits per heavy atom. The largest absolute Gasteiger partial charge is 0.289 e. The van der Waals surface area contributed by atoms with Gasteiger partial charge in [0.2, 0.25) is 0 Å². The monoisotopic (exact) mass is 310 g/mol. The fraction of sp³-hybridized carbons (Fsp3) is 0.250. The normalized spacial score (nSPS) is 11.0. The molecule has 2 aromatic carbocycles. The van der Waals surface area contributed by atoms with E-state index in [0.717, 1.165) is 29.7 Å². The highest BCUT2D eigenvalue weighted by atomic mass is 32.2. The molecule has 0 radical (unpaired) electrons. The number of rotatable bonds is 7. The number of ketones is 1. The minimum atomic E-state index is 0.0499. The summed E-state index contributed by atoms with van der Waals surface area (Å²) in [5.41, 5.74) is 3.14. The Morgan fingerprint density at radius 1 is 1.09 bits per heavy atom. The van der Waals surface area contributed by atoms with Crippen LogP contribution in [0.25, 0.3) is 6.08 Å². The molecule has 0 saturated carbocycles. The first-order valence-corrected chi connectivity index (χ1v) is 8.75. The van der Waals surface area contributed by atoms with E-state index in [1.54, 1.807) is 17.8 Å². The zero-order chi connectivity index (χ0) is 15.8. The van der Waals surface area contributed by atoms with Gasteiger partial charge in [0.1, 0.15) is 0 Å². The smallest absolute Gasteiger partial charge is 0.185 e. The predicted octanol–water partition coefficient (Wildman–Crippen LogP) is 5.65. The number of aryl methyl sites for hydroxylation is 1. The first-order chi connectivity index (χ1) is 10.7. The van der Waals surface area contributed by atoms with Crippen LogP contribution in [-0.2, 0) is 6.42 Å². The molecular formula is C20H22OS. The molecule has 0 aliphatic carbocycles. The van der Waals surface area contributed by atoms with Crippen molar-refractivity contribution in [1.82, 2.24) is 0 Å². The van der Waals surface area contributed by atoms with Crippen LogP contribution < -0.4 is 0 Å². The van der Waals surface area contributed by atoms with Crippen molar-refractivity contribution in [3.05, 3.63) is 71.3 Å². The summed E-state index contributed by atoms with van der Waals surface area (Å²) in [5, 5.41) is 0. The van der Waals surface area contributed by atoms with Gasteiger partial charge in [-0.3, -0.25) is 4.79 Å². The molecule has 0 spiro atoms. The molecule has 0 aliphatic rings. The predicted molar refractivity (Wildman–Crippen MR) is 96.6 cm³/mol. The van der Waals surface area contributed by atoms with Crippen molar-refractivity contribution in [3.8, 4) is 0 Å². The maximum Gasteiger partial charge on any atom is 0.185 e. The summed E-state index contributed by atoms with van der Waals surface area (Å²) in [6.07, 6.45) is 5.77. The third kappa shape index (κ3) is 4.88. The topological polar surface area (TPSA) is 17.1 Å². The van der Waals surface area contributed by atoms with Gasteiger partial charge in [0.05, 0.1) is 0 Å². The molecule has 0 atom stereocenters. The number of benzene rings is 2. The maximum absolute atomic E-state index is 12.2. The molecule has 2 aromatic rings. The molecule has 0 fully saturated rings. The summed E-state index contributed by atoms with van der Waals surface area (Å²) in [5.74, 6) is 1.09. The Kier molecular flexibility index (Phi) is 6.47. The Labute approximate surface area is 137 Å². The van der Waals surface area contributed by atoms with E-state index in [-0.39, 0.29) is 5.78 Å². The van der Waals surface area contributed by atoms with E-state index in [1.807, 2.05) is 42.5 Å². The van der Waals surface area contributed by atoms with Crippen LogP contribution in [0, 0.1) is 0 Å². The lowest BCUT2D eigenvalue weighted by Crippen LogP contribution is -1.93. The highest BCUT2D eigenvalue weighted by molar-refractivity contribution is 7.99. The van der Waals surface area contributed by atoms with Crippen molar-refractivity contribution in [2.24, 2.45) is 0 Å². The molecule has 0 aromatic heterocycles. The van der Waals surface area contributed by atoms with Crippen molar-refractivity contribution in [2.45, 2.75) is 31.6 Å². The summed E-state index contributed by atoms with van der Waals surface area (Å²) >= 11 is 1.78. The molecule has 0 saturated heterocycles. The molecule has 0 amide bonds. The lowest BCUT2D eigenvalue weighted by Gasteiger charge is -2.01. The summed E-state index contributed by atoms with van der Waals surface area (Å²) in [6.45, 7) is 4.30. The highest BCUT2D eigenvalue weighted by Gasteiger charge is 2.02. The average molecular weight is 310 g/mol. The molecule has 2 rings (SSSR count). The van der Waals surface area contributed by atoms with Gasteiger partial charge in [-0.05, 0) is 53.6 Å². The fourth-order valence-corrected chi connectivity index (χ4v) is 2.95. The second-order valence-electron chi connectivity index (χ2n) is 5.15. The second-order valence-corrected chi connectivity index (χ2v) is 6.49. The Morgan fingerprint density at radius 3 is 2.55 bits per heavy atom. The molecule has 22 heavy (non-hydrogen) atoms. The first-order valence-electron chi connectivity index (χ1n) is 7.77. The molecular weight excluding hydrogens is 288 g/mol. The van der Waals surface area contributed by atoms with Gasteiger partial charge < -0.3 is 0 Å². The number of hydrogen-bond acceptors (Lipinski definition) is 2. The van der Waals surface area contributed by atoms with Gasteiger partial charge in [-0.2, -0.15) is 0 Å². The number of carbonyl (C=O) groups excluding carboxylic acids is 1. The molecule has 0 N–H and O–H groups in total. The summed E-state index contributed by atoms with van der Waals surface area (Å²) in [6, 6.07) is 16.2. The molecule has 1 nitrogen and oxygen atoms in total. The average Bonchev–Trinajstić information content (AvgIpc) is 2.54. The molecule has 0 unspecified atom stereocenters. The van der Waals surface area contributed by atoms with Crippen molar-refractivity contribution in [2.75, 3.05) is 5.75 Å². The van der Waals surface area contributed by atoms with Crippen molar-refractivity contribution >= 4 is 23.6 Å². The Balaban J connectivity index is 2.05. The number of hydrogen-bond donors (Lipinski definition) is 0. The lowest BCUT2D eigenvalue weighted by atomic mass is 10.1. The van der Waals surface area contributed by atoms with Crippen LogP contribution in [0.4, 0.5) is 0 Å². The van der Waals surface area contributed by atoms with E-state index < -0.39 is 0 Å². The van der Waals surface area contributed by atoms with E-state index in [4.69, 9.17) is 0 Å². The molecule has 0 aliphatic heterocycles. The summed E-state index contributed by atoms with van der Waals surface area (Å²) in [7, 11) is 0. The Bertz CT molecular complexity index is 641. The van der Waals surface area contributed by atoms with Gasteiger partial charge in [0.25, 0.3) is 0 Å². The van der Waals surface area contributed by atoms with Gasteiger partial charge in [-0.15, -0.1) is 11.8 Å². The maximum atomic E-state index is 12.2. The molecule has 114 valence electrons. The molecule has 2 heteroatoms. The minimum absolute atomic E-state index is 0.0499. The van der Waals surface area contributed by atoms with E-state index >= 15 is 0 Å². The van der Waals surface area contributed by atoms with Gasteiger partial charge >= 0.3 is 0 Å². The first kappa shape index (κ1) is 16.6. The van der Waals surface area contributed by atoms with Crippen molar-refractivity contribution < 1.29 is 4.79 Å². The van der Waals surface area contributed by atoms with Gasteiger partial charge in [-0.25, -0.2) is 0 Å². The SMILES string of the molecule is CCCc1cccc(/C=C/C(=O)c2ccc(SCC)cc2)c1. The number of carbonyl (C=O) groups is 1. The van der Waals surface area contributed by atoms with Crippen LogP contribution in [0.5, 0.6) is 0 Å². The van der Waals surface area contributed by atoms with E-state index in [9.17, 15) is 4.79 Å². The van der Waals surface area contributed by atoms with E-state index in [0.29, 0.717) is 0 Å². The van der Waals surface area contributed by atoms with E-state index in [1.165, 1.54) is 10.5 Å². The van der Waals surface area contributed by atoms with Crippen molar-refractivity contribution in [3.63, 3.8) is 0 Å². The third-order valence-electron chi connectivity index (χ3n) is 3.37. The van der Waals surface area contributed by atoms with Gasteiger partial charge in [0.15, 0.2) is 5.78 Å². The molecule has 0 bridgehead atoms. The van der Waals surface area contributed by atoms with E-state index in [2.05, 4.69) is 26.0 Å². The van der Waals surface area contributed by atoms with Crippen LogP contribution in [0.2, 0.25) is 0 Å². The van der Waals surface area contributed by atoms with Gasteiger partial charge in [0, 0.05) is 10.5 Å².